The van der Waals surface area contributed by atoms with Crippen molar-refractivity contribution in [2.24, 2.45) is 11.3 Å². The Morgan fingerprint density at radius 1 is 1.25 bits per heavy atom. The van der Waals surface area contributed by atoms with Crippen LogP contribution in [-0.4, -0.2) is 24.5 Å². The van der Waals surface area contributed by atoms with E-state index in [0.717, 1.165) is 17.4 Å². The second-order valence-electron chi connectivity index (χ2n) is 4.49. The minimum absolute atomic E-state index is 0.736. The molecule has 0 radical (unpaired) electrons. The number of rotatable bonds is 1. The molecule has 2 aliphatic heterocycles. The van der Waals surface area contributed by atoms with Gasteiger partial charge in [-0.2, -0.15) is 0 Å². The summed E-state index contributed by atoms with van der Waals surface area (Å²) in [6.07, 6.45) is 2.95. The Morgan fingerprint density at radius 3 is 1.92 bits per heavy atom. The third-order valence-corrected chi connectivity index (χ3v) is 3.70. The molecule has 0 N–H and O–H groups in total. The highest BCUT2D eigenvalue weighted by Crippen LogP contribution is 2.55. The van der Waals surface area contributed by atoms with Gasteiger partial charge in [0.2, 0.25) is 0 Å². The van der Waals surface area contributed by atoms with Crippen LogP contribution in [-0.2, 0) is 0 Å². The highest BCUT2D eigenvalue weighted by molar-refractivity contribution is 5.08. The van der Waals surface area contributed by atoms with Gasteiger partial charge in [-0.1, -0.05) is 27.7 Å². The van der Waals surface area contributed by atoms with E-state index in [1.165, 1.54) is 19.4 Å². The Hall–Kier alpha value is -0.0400. The molecule has 12 heavy (non-hydrogen) atoms. The lowest BCUT2D eigenvalue weighted by Crippen LogP contribution is -2.37. The van der Waals surface area contributed by atoms with E-state index in [2.05, 4.69) is 25.8 Å². The monoisotopic (exact) mass is 169 g/mol. The Morgan fingerprint density at radius 2 is 1.75 bits per heavy atom. The van der Waals surface area contributed by atoms with Crippen molar-refractivity contribution in [3.63, 3.8) is 0 Å². The lowest BCUT2D eigenvalue weighted by Gasteiger charge is -2.40. The first kappa shape index (κ1) is 10.0. The van der Waals surface area contributed by atoms with Crippen molar-refractivity contribution in [3.05, 3.63) is 0 Å². The van der Waals surface area contributed by atoms with Crippen molar-refractivity contribution >= 4 is 0 Å². The van der Waals surface area contributed by atoms with E-state index in [0.29, 0.717) is 0 Å². The SMILES string of the molecule is CC.CC(C)C12CC(C1)N(C)C2. The topological polar surface area (TPSA) is 3.24 Å². The minimum Gasteiger partial charge on any atom is -0.303 e. The summed E-state index contributed by atoms with van der Waals surface area (Å²) >= 11 is 0. The second-order valence-corrected chi connectivity index (χ2v) is 4.49. The van der Waals surface area contributed by atoms with Gasteiger partial charge in [0, 0.05) is 12.6 Å². The van der Waals surface area contributed by atoms with Gasteiger partial charge < -0.3 is 4.90 Å². The molecular weight excluding hydrogens is 146 g/mol. The van der Waals surface area contributed by atoms with E-state index in [-0.39, 0.29) is 0 Å². The van der Waals surface area contributed by atoms with Gasteiger partial charge in [0.1, 0.15) is 0 Å². The van der Waals surface area contributed by atoms with Crippen molar-refractivity contribution < 1.29 is 0 Å². The first-order valence-corrected chi connectivity index (χ1v) is 5.34. The summed E-state index contributed by atoms with van der Waals surface area (Å²) in [5.74, 6) is 0.897. The molecule has 1 saturated carbocycles. The number of nitrogens with zero attached hydrogens (tertiary/aromatic N) is 1. The maximum Gasteiger partial charge on any atom is 0.0104 e. The Labute approximate surface area is 77.1 Å². The highest BCUT2D eigenvalue weighted by Gasteiger charge is 2.54. The largest absolute Gasteiger partial charge is 0.303 e. The molecule has 3 rings (SSSR count). The second kappa shape index (κ2) is 3.37. The van der Waals surface area contributed by atoms with Gasteiger partial charge in [0.05, 0.1) is 0 Å². The van der Waals surface area contributed by atoms with Crippen molar-refractivity contribution in [2.75, 3.05) is 13.6 Å². The first-order chi connectivity index (χ1) is 5.64. The summed E-state index contributed by atoms with van der Waals surface area (Å²) in [6, 6.07) is 0.947. The van der Waals surface area contributed by atoms with Gasteiger partial charge in [0.25, 0.3) is 0 Å². The van der Waals surface area contributed by atoms with Gasteiger partial charge in [-0.15, -0.1) is 0 Å². The maximum atomic E-state index is 2.53. The third kappa shape index (κ3) is 1.28. The summed E-state index contributed by atoms with van der Waals surface area (Å²) < 4.78 is 0. The number of hydrogen-bond donors (Lipinski definition) is 0. The van der Waals surface area contributed by atoms with E-state index >= 15 is 0 Å². The molecule has 0 aromatic rings. The zero-order chi connectivity index (χ0) is 9.35. The molecule has 0 unspecified atom stereocenters. The molecule has 2 heterocycles. The molecule has 1 nitrogen and oxygen atoms in total. The van der Waals surface area contributed by atoms with Crippen LogP contribution in [0.15, 0.2) is 0 Å². The van der Waals surface area contributed by atoms with Crippen LogP contribution in [0.25, 0.3) is 0 Å². The number of fused-ring (bicyclic) bond motifs is 1. The van der Waals surface area contributed by atoms with Gasteiger partial charge in [-0.25, -0.2) is 0 Å². The molecule has 2 saturated heterocycles. The molecule has 0 spiro atoms. The van der Waals surface area contributed by atoms with E-state index in [9.17, 15) is 0 Å². The minimum atomic E-state index is 0.736. The van der Waals surface area contributed by atoms with Crippen LogP contribution in [0.4, 0.5) is 0 Å². The summed E-state index contributed by atoms with van der Waals surface area (Å²) in [5, 5.41) is 0. The molecule has 1 heteroatoms. The van der Waals surface area contributed by atoms with Gasteiger partial charge in [-0.3, -0.25) is 0 Å². The highest BCUT2D eigenvalue weighted by atomic mass is 15.2. The Bertz CT molecular complexity index is 145. The number of hydrogen-bond acceptors (Lipinski definition) is 1. The third-order valence-electron chi connectivity index (χ3n) is 3.70. The van der Waals surface area contributed by atoms with Crippen molar-refractivity contribution in [3.8, 4) is 0 Å². The van der Waals surface area contributed by atoms with Crippen LogP contribution >= 0.6 is 0 Å². The summed E-state index contributed by atoms with van der Waals surface area (Å²) in [5.41, 5.74) is 0.736. The fourth-order valence-corrected chi connectivity index (χ4v) is 2.60. The standard InChI is InChI=1S/C9H17N.C2H6/c1-7(2)9-4-8(5-9)10(3)6-9;1-2/h7-8H,4-6H2,1-3H3;1-2H3. The van der Waals surface area contributed by atoms with E-state index in [4.69, 9.17) is 0 Å². The quantitative estimate of drug-likeness (QED) is 0.583. The van der Waals surface area contributed by atoms with Crippen LogP contribution in [0, 0.1) is 11.3 Å². The lowest BCUT2D eigenvalue weighted by atomic mass is 9.63. The van der Waals surface area contributed by atoms with Crippen LogP contribution in [0.5, 0.6) is 0 Å². The van der Waals surface area contributed by atoms with Crippen molar-refractivity contribution in [1.82, 2.24) is 4.90 Å². The molecule has 0 amide bonds. The predicted octanol–water partition coefficient (Wildman–Crippen LogP) is 2.76. The van der Waals surface area contributed by atoms with Crippen LogP contribution in [0.3, 0.4) is 0 Å². The van der Waals surface area contributed by atoms with Crippen LogP contribution in [0.1, 0.15) is 40.5 Å². The summed E-state index contributed by atoms with van der Waals surface area (Å²) in [7, 11) is 2.27. The van der Waals surface area contributed by atoms with E-state index < -0.39 is 0 Å². The lowest BCUT2D eigenvalue weighted by molar-refractivity contribution is 0.120. The van der Waals surface area contributed by atoms with E-state index in [1.54, 1.807) is 0 Å². The van der Waals surface area contributed by atoms with Gasteiger partial charge in [-0.05, 0) is 31.2 Å². The molecule has 72 valence electrons. The molecule has 3 aliphatic rings. The maximum absolute atomic E-state index is 2.53. The average molecular weight is 169 g/mol. The smallest absolute Gasteiger partial charge is 0.0104 e. The fourth-order valence-electron chi connectivity index (χ4n) is 2.60. The fraction of sp³-hybridized carbons (Fsp3) is 1.00. The van der Waals surface area contributed by atoms with Crippen molar-refractivity contribution in [2.45, 2.75) is 46.6 Å². The van der Waals surface area contributed by atoms with Gasteiger partial charge >= 0.3 is 0 Å². The van der Waals surface area contributed by atoms with Gasteiger partial charge in [0.15, 0.2) is 0 Å². The molecular formula is C11H23N. The Balaban J connectivity index is 0.000000336. The first-order valence-electron chi connectivity index (χ1n) is 5.34. The zero-order valence-electron chi connectivity index (χ0n) is 9.22. The molecule has 3 fully saturated rings. The molecule has 0 atom stereocenters. The van der Waals surface area contributed by atoms with Crippen LogP contribution in [0.2, 0.25) is 0 Å². The van der Waals surface area contributed by atoms with Crippen LogP contribution < -0.4 is 0 Å². The molecule has 0 aromatic heterocycles. The molecule has 1 aliphatic carbocycles. The molecule has 2 bridgehead atoms. The zero-order valence-corrected chi connectivity index (χ0v) is 9.22. The van der Waals surface area contributed by atoms with Crippen molar-refractivity contribution in [1.29, 1.82) is 0 Å². The normalized spacial score (nSPS) is 39.0. The predicted molar refractivity (Wildman–Crippen MR) is 54.3 cm³/mol. The summed E-state index contributed by atoms with van der Waals surface area (Å²) in [6.45, 7) is 10.1. The summed E-state index contributed by atoms with van der Waals surface area (Å²) in [4.78, 5) is 2.53. The van der Waals surface area contributed by atoms with E-state index in [1.807, 2.05) is 13.8 Å². The molecule has 0 aromatic carbocycles. The average Bonchev–Trinajstić information content (AvgIpc) is 2.44. The Kier molecular flexibility index (Phi) is 2.82.